The summed E-state index contributed by atoms with van der Waals surface area (Å²) < 4.78 is 1.65. The van der Waals surface area contributed by atoms with E-state index >= 15 is 0 Å². The van der Waals surface area contributed by atoms with Gasteiger partial charge in [0.2, 0.25) is 0 Å². The number of nitrogens with zero attached hydrogens (tertiary/aromatic N) is 2. The van der Waals surface area contributed by atoms with Crippen molar-refractivity contribution in [2.45, 2.75) is 100.0 Å². The highest BCUT2D eigenvalue weighted by Crippen LogP contribution is 2.61. The maximum absolute atomic E-state index is 13.3. The van der Waals surface area contributed by atoms with E-state index in [0.717, 1.165) is 30.3 Å². The van der Waals surface area contributed by atoms with E-state index in [0.29, 0.717) is 52.5 Å². The van der Waals surface area contributed by atoms with Crippen molar-refractivity contribution in [3.63, 3.8) is 0 Å². The van der Waals surface area contributed by atoms with Gasteiger partial charge in [0.15, 0.2) is 23.5 Å². The Morgan fingerprint density at radius 3 is 1.55 bits per heavy atom. The van der Waals surface area contributed by atoms with Crippen molar-refractivity contribution in [1.29, 1.82) is 0 Å². The number of allylic oxidation sites excluding steroid dienone is 4. The van der Waals surface area contributed by atoms with Gasteiger partial charge >= 0.3 is 11.9 Å². The average Bonchev–Trinajstić information content (AvgIpc) is 3.75. The first-order valence-corrected chi connectivity index (χ1v) is 14.3. The summed E-state index contributed by atoms with van der Waals surface area (Å²) in [5, 5.41) is 67.2. The minimum atomic E-state index is -2.96. The lowest BCUT2D eigenvalue weighted by Crippen LogP contribution is -2.55. The third kappa shape index (κ3) is 3.34. The second-order valence-electron chi connectivity index (χ2n) is 11.8. The predicted molar refractivity (Wildman–Crippen MR) is 144 cm³/mol. The molecule has 2 heterocycles. The highest BCUT2D eigenvalue weighted by atomic mass is 16.4. The largest absolute Gasteiger partial charge is 0.494 e. The van der Waals surface area contributed by atoms with Crippen molar-refractivity contribution in [2.75, 3.05) is 0 Å². The summed E-state index contributed by atoms with van der Waals surface area (Å²) in [4.78, 5) is 26.5. The number of unbranched alkanes of at least 4 members (excludes halogenated alkanes) is 5. The van der Waals surface area contributed by atoms with Gasteiger partial charge in [-0.2, -0.15) is 0 Å². The smallest absolute Gasteiger partial charge is 0.344 e. The standard InChI is InChI=1S/C30H36N2O8/c1-2-3-4-5-6-7-8-19(31-24(33)20-15-9-10-16(13-15)21(20)25(31)34)30(28(37)38,29(39)40)32-26(35)22-17-11-12-18(14-17)23(22)27(32)36/h9-12,15-19,33-36H,2-8,13-14H2,1H3,(H,37,38)(H,39,40). The highest BCUT2D eigenvalue weighted by molar-refractivity contribution is 6.02. The van der Waals surface area contributed by atoms with Crippen molar-refractivity contribution in [2.24, 2.45) is 0 Å². The van der Waals surface area contributed by atoms with Gasteiger partial charge in [-0.25, -0.2) is 9.59 Å². The number of aromatic nitrogens is 2. The first kappa shape index (κ1) is 26.4. The molecule has 0 saturated heterocycles. The van der Waals surface area contributed by atoms with Crippen LogP contribution in [0.5, 0.6) is 23.5 Å². The van der Waals surface area contributed by atoms with Crippen LogP contribution in [0.2, 0.25) is 0 Å². The maximum Gasteiger partial charge on any atom is 0.344 e. The molecule has 4 aliphatic rings. The highest BCUT2D eigenvalue weighted by Gasteiger charge is 2.61. The summed E-state index contributed by atoms with van der Waals surface area (Å²) in [5.41, 5.74) is -1.33. The van der Waals surface area contributed by atoms with Crippen LogP contribution in [-0.4, -0.2) is 51.7 Å². The molecular formula is C30H36N2O8. The molecule has 40 heavy (non-hydrogen) atoms. The number of aromatic hydroxyl groups is 4. The molecule has 2 aromatic rings. The van der Waals surface area contributed by atoms with Crippen LogP contribution in [0.15, 0.2) is 24.3 Å². The number of carboxylic acid groups (broad SMARTS) is 2. The van der Waals surface area contributed by atoms with Crippen LogP contribution in [0.4, 0.5) is 0 Å². The maximum atomic E-state index is 13.3. The third-order valence-corrected chi connectivity index (χ3v) is 9.70. The van der Waals surface area contributed by atoms with Crippen molar-refractivity contribution in [3.05, 3.63) is 46.6 Å². The monoisotopic (exact) mass is 552 g/mol. The summed E-state index contributed by atoms with van der Waals surface area (Å²) in [5.74, 6) is -6.43. The van der Waals surface area contributed by atoms with Gasteiger partial charge in [0.25, 0.3) is 5.54 Å². The Hall–Kier alpha value is -3.82. The first-order valence-electron chi connectivity index (χ1n) is 14.3. The van der Waals surface area contributed by atoms with Gasteiger partial charge in [-0.3, -0.25) is 9.13 Å². The molecule has 0 fully saturated rings. The Kier molecular flexibility index (Phi) is 6.19. The molecule has 5 atom stereocenters. The zero-order chi connectivity index (χ0) is 28.5. The fourth-order valence-electron chi connectivity index (χ4n) is 7.89. The topological polar surface area (TPSA) is 165 Å². The molecule has 2 aromatic heterocycles. The third-order valence-electron chi connectivity index (χ3n) is 9.70. The lowest BCUT2D eigenvalue weighted by molar-refractivity contribution is -0.167. The van der Waals surface area contributed by atoms with Crippen LogP contribution in [0, 0.1) is 0 Å². The van der Waals surface area contributed by atoms with Gasteiger partial charge in [0, 0.05) is 45.9 Å². The van der Waals surface area contributed by atoms with E-state index in [-0.39, 0.29) is 41.9 Å². The van der Waals surface area contributed by atoms with Gasteiger partial charge in [0.1, 0.15) is 0 Å². The van der Waals surface area contributed by atoms with Crippen LogP contribution >= 0.6 is 0 Å². The number of fused-ring (bicyclic) bond motifs is 10. The van der Waals surface area contributed by atoms with E-state index in [1.807, 2.05) is 24.3 Å². The molecule has 0 spiro atoms. The van der Waals surface area contributed by atoms with E-state index in [9.17, 15) is 40.2 Å². The van der Waals surface area contributed by atoms with Gasteiger partial charge < -0.3 is 30.6 Å². The Bertz CT molecular complexity index is 1360. The minimum Gasteiger partial charge on any atom is -0.494 e. The summed E-state index contributed by atoms with van der Waals surface area (Å²) in [6.45, 7) is 2.10. The molecule has 4 aliphatic carbocycles. The molecule has 10 heteroatoms. The Morgan fingerprint density at radius 2 is 1.12 bits per heavy atom. The molecule has 6 rings (SSSR count). The molecule has 0 amide bonds. The Labute approximate surface area is 231 Å². The Morgan fingerprint density at radius 1 is 0.725 bits per heavy atom. The lowest BCUT2D eigenvalue weighted by Gasteiger charge is -2.37. The second-order valence-corrected chi connectivity index (χ2v) is 11.8. The fourth-order valence-corrected chi connectivity index (χ4v) is 7.89. The van der Waals surface area contributed by atoms with Crippen LogP contribution in [0.3, 0.4) is 0 Å². The molecule has 4 bridgehead atoms. The average molecular weight is 553 g/mol. The van der Waals surface area contributed by atoms with Crippen molar-refractivity contribution >= 4 is 11.9 Å². The van der Waals surface area contributed by atoms with E-state index in [1.165, 1.54) is 0 Å². The number of hydrogen-bond acceptors (Lipinski definition) is 6. The molecule has 10 nitrogen and oxygen atoms in total. The molecule has 5 unspecified atom stereocenters. The first-order chi connectivity index (χ1) is 19.2. The lowest BCUT2D eigenvalue weighted by atomic mass is 9.84. The molecule has 214 valence electrons. The van der Waals surface area contributed by atoms with E-state index in [2.05, 4.69) is 6.92 Å². The molecule has 0 aromatic carbocycles. The van der Waals surface area contributed by atoms with Crippen molar-refractivity contribution < 1.29 is 40.2 Å². The number of aliphatic carboxylic acids is 2. The van der Waals surface area contributed by atoms with Crippen LogP contribution in [-0.2, 0) is 15.1 Å². The molecule has 6 N–H and O–H groups in total. The normalized spacial score (nSPS) is 24.1. The van der Waals surface area contributed by atoms with Crippen LogP contribution in [0.1, 0.15) is 117 Å². The molecular weight excluding hydrogens is 516 g/mol. The van der Waals surface area contributed by atoms with Crippen LogP contribution in [0.25, 0.3) is 0 Å². The van der Waals surface area contributed by atoms with E-state index in [4.69, 9.17) is 0 Å². The second kappa shape index (κ2) is 9.38. The van der Waals surface area contributed by atoms with Crippen LogP contribution < -0.4 is 0 Å². The van der Waals surface area contributed by atoms with Gasteiger partial charge in [-0.05, 0) is 19.3 Å². The van der Waals surface area contributed by atoms with E-state index < -0.39 is 35.3 Å². The molecule has 0 saturated carbocycles. The summed E-state index contributed by atoms with van der Waals surface area (Å²) >= 11 is 0. The van der Waals surface area contributed by atoms with Crippen molar-refractivity contribution in [3.8, 4) is 23.5 Å². The zero-order valence-electron chi connectivity index (χ0n) is 22.5. The number of hydrogen-bond donors (Lipinski definition) is 6. The predicted octanol–water partition coefficient (Wildman–Crippen LogP) is 5.25. The zero-order valence-corrected chi connectivity index (χ0v) is 22.5. The van der Waals surface area contributed by atoms with E-state index in [1.54, 1.807) is 0 Å². The minimum absolute atomic E-state index is 0.0327. The van der Waals surface area contributed by atoms with Crippen molar-refractivity contribution in [1.82, 2.24) is 9.13 Å². The van der Waals surface area contributed by atoms with Gasteiger partial charge in [0.05, 0.1) is 6.04 Å². The number of carboxylic acids is 2. The molecule has 0 aliphatic heterocycles. The summed E-state index contributed by atoms with van der Waals surface area (Å²) in [7, 11) is 0. The van der Waals surface area contributed by atoms with Gasteiger partial charge in [-0.15, -0.1) is 0 Å². The number of carbonyl (C=O) groups is 2. The summed E-state index contributed by atoms with van der Waals surface area (Å²) in [6, 6.07) is -1.56. The summed E-state index contributed by atoms with van der Waals surface area (Å²) in [6.07, 6.45) is 13.9. The fraction of sp³-hybridized carbons (Fsp3) is 0.533. The molecule has 0 radical (unpaired) electrons. The Balaban J connectivity index is 1.53. The number of rotatable bonds is 12. The quantitative estimate of drug-likeness (QED) is 0.118. The van der Waals surface area contributed by atoms with Gasteiger partial charge in [-0.1, -0.05) is 69.8 Å². The SMILES string of the molecule is CCCCCCCCC(n1c(O)c2c(c1O)C1C=CC2C1)C(C(=O)O)(C(=O)O)n1c(O)c2c(c1O)C1C=CC2C1.